The number of benzene rings is 1. The summed E-state index contributed by atoms with van der Waals surface area (Å²) in [7, 11) is 3.62. The largest absolute Gasteiger partial charge is 0.471 e. The fraction of sp³-hybridized carbons (Fsp3) is 0.278. The predicted octanol–water partition coefficient (Wildman–Crippen LogP) is 2.89. The third-order valence-electron chi connectivity index (χ3n) is 4.11. The van der Waals surface area contributed by atoms with E-state index in [-0.39, 0.29) is 12.6 Å². The van der Waals surface area contributed by atoms with Crippen LogP contribution >= 0.6 is 11.6 Å². The SMILES string of the molecule is Cc1c(CN(C)C(=O)c2ccn(COc3cccc(Cl)c3)n2)cnn1C. The summed E-state index contributed by atoms with van der Waals surface area (Å²) in [5.74, 6) is 0.486. The Kier molecular flexibility index (Phi) is 5.27. The number of carbonyl (C=O) groups is 1. The Bertz CT molecular complexity index is 918. The lowest BCUT2D eigenvalue weighted by Gasteiger charge is -2.15. The molecule has 26 heavy (non-hydrogen) atoms. The summed E-state index contributed by atoms with van der Waals surface area (Å²) in [4.78, 5) is 14.2. The summed E-state index contributed by atoms with van der Waals surface area (Å²) in [5, 5.41) is 9.09. The molecule has 1 aromatic carbocycles. The van der Waals surface area contributed by atoms with Crippen LogP contribution in [-0.4, -0.2) is 37.4 Å². The lowest BCUT2D eigenvalue weighted by molar-refractivity contribution is 0.0777. The van der Waals surface area contributed by atoms with Gasteiger partial charge in [-0.25, -0.2) is 4.68 Å². The minimum atomic E-state index is -0.158. The van der Waals surface area contributed by atoms with E-state index in [0.29, 0.717) is 23.0 Å². The Balaban J connectivity index is 1.61. The van der Waals surface area contributed by atoms with Crippen molar-refractivity contribution in [3.8, 4) is 5.75 Å². The van der Waals surface area contributed by atoms with E-state index in [1.54, 1.807) is 51.9 Å². The van der Waals surface area contributed by atoms with Gasteiger partial charge in [-0.3, -0.25) is 9.48 Å². The molecule has 0 bridgehead atoms. The minimum Gasteiger partial charge on any atom is -0.471 e. The highest BCUT2D eigenvalue weighted by Gasteiger charge is 2.17. The fourth-order valence-electron chi connectivity index (χ4n) is 2.47. The third kappa shape index (κ3) is 4.05. The summed E-state index contributed by atoms with van der Waals surface area (Å²) in [5.41, 5.74) is 2.40. The van der Waals surface area contributed by atoms with E-state index in [9.17, 15) is 4.79 Å². The molecule has 0 aliphatic heterocycles. The molecule has 8 heteroatoms. The van der Waals surface area contributed by atoms with E-state index in [2.05, 4.69) is 10.2 Å². The monoisotopic (exact) mass is 373 g/mol. The molecule has 0 radical (unpaired) electrons. The standard InChI is InChI=1S/C18H20ClN5O2/c1-13-14(10-20-23(13)3)11-22(2)18(25)17-7-8-24(21-17)12-26-16-6-4-5-15(19)9-16/h4-10H,11-12H2,1-3H3. The number of carbonyl (C=O) groups excluding carboxylic acids is 1. The normalized spacial score (nSPS) is 10.8. The molecule has 0 aliphatic carbocycles. The Morgan fingerprint density at radius 1 is 1.35 bits per heavy atom. The number of aryl methyl sites for hydroxylation is 1. The van der Waals surface area contributed by atoms with E-state index in [4.69, 9.17) is 16.3 Å². The number of halogens is 1. The molecular formula is C18H20ClN5O2. The first kappa shape index (κ1) is 18.0. The first-order valence-corrected chi connectivity index (χ1v) is 8.46. The van der Waals surface area contributed by atoms with Crippen molar-refractivity contribution in [2.75, 3.05) is 7.05 Å². The number of ether oxygens (including phenoxy) is 1. The second-order valence-corrected chi connectivity index (χ2v) is 6.45. The van der Waals surface area contributed by atoms with Crippen LogP contribution in [0.2, 0.25) is 5.02 Å². The van der Waals surface area contributed by atoms with E-state index in [0.717, 1.165) is 11.3 Å². The van der Waals surface area contributed by atoms with Gasteiger partial charge in [0.05, 0.1) is 6.20 Å². The first-order chi connectivity index (χ1) is 12.4. The molecule has 3 aromatic rings. The second-order valence-electron chi connectivity index (χ2n) is 6.01. The molecule has 0 saturated heterocycles. The van der Waals surface area contributed by atoms with Crippen molar-refractivity contribution in [3.63, 3.8) is 0 Å². The van der Waals surface area contributed by atoms with Gasteiger partial charge in [-0.2, -0.15) is 10.2 Å². The average Bonchev–Trinajstić information content (AvgIpc) is 3.21. The van der Waals surface area contributed by atoms with Gasteiger partial charge in [0, 0.05) is 43.1 Å². The maximum Gasteiger partial charge on any atom is 0.274 e. The van der Waals surface area contributed by atoms with Gasteiger partial charge in [0.1, 0.15) is 5.75 Å². The van der Waals surface area contributed by atoms with Crippen LogP contribution in [0.4, 0.5) is 0 Å². The number of rotatable bonds is 6. The van der Waals surface area contributed by atoms with Crippen molar-refractivity contribution in [2.24, 2.45) is 7.05 Å². The maximum atomic E-state index is 12.6. The zero-order valence-corrected chi connectivity index (χ0v) is 15.6. The number of hydrogen-bond donors (Lipinski definition) is 0. The highest BCUT2D eigenvalue weighted by atomic mass is 35.5. The van der Waals surface area contributed by atoms with Crippen LogP contribution in [0.5, 0.6) is 5.75 Å². The molecule has 136 valence electrons. The van der Waals surface area contributed by atoms with E-state index in [1.165, 1.54) is 0 Å². The lowest BCUT2D eigenvalue weighted by atomic mass is 10.2. The summed E-state index contributed by atoms with van der Waals surface area (Å²) in [6.07, 6.45) is 3.48. The predicted molar refractivity (Wildman–Crippen MR) is 98.0 cm³/mol. The summed E-state index contributed by atoms with van der Waals surface area (Å²) in [6.45, 7) is 2.64. The molecule has 0 fully saturated rings. The van der Waals surface area contributed by atoms with Crippen LogP contribution in [0.25, 0.3) is 0 Å². The van der Waals surface area contributed by atoms with Gasteiger partial charge in [0.25, 0.3) is 5.91 Å². The molecule has 0 N–H and O–H groups in total. The summed E-state index contributed by atoms with van der Waals surface area (Å²) < 4.78 is 8.97. The zero-order chi connectivity index (χ0) is 18.7. The van der Waals surface area contributed by atoms with Gasteiger partial charge >= 0.3 is 0 Å². The van der Waals surface area contributed by atoms with Gasteiger partial charge in [0.15, 0.2) is 12.4 Å². The second kappa shape index (κ2) is 7.61. The Labute approximate surface area is 156 Å². The number of hydrogen-bond acceptors (Lipinski definition) is 4. The highest BCUT2D eigenvalue weighted by Crippen LogP contribution is 2.17. The van der Waals surface area contributed by atoms with E-state index >= 15 is 0 Å². The quantitative estimate of drug-likeness (QED) is 0.666. The summed E-state index contributed by atoms with van der Waals surface area (Å²) in [6, 6.07) is 8.80. The van der Waals surface area contributed by atoms with Crippen molar-refractivity contribution >= 4 is 17.5 Å². The minimum absolute atomic E-state index is 0.158. The number of aromatic nitrogens is 4. The van der Waals surface area contributed by atoms with Crippen molar-refractivity contribution in [1.82, 2.24) is 24.5 Å². The van der Waals surface area contributed by atoms with Gasteiger partial charge in [-0.15, -0.1) is 0 Å². The Morgan fingerprint density at radius 2 is 2.15 bits per heavy atom. The van der Waals surface area contributed by atoms with Crippen LogP contribution in [-0.2, 0) is 20.3 Å². The van der Waals surface area contributed by atoms with Crippen LogP contribution in [0.3, 0.4) is 0 Å². The molecule has 0 atom stereocenters. The van der Waals surface area contributed by atoms with Gasteiger partial charge in [-0.1, -0.05) is 17.7 Å². The smallest absolute Gasteiger partial charge is 0.274 e. The van der Waals surface area contributed by atoms with Crippen LogP contribution in [0.1, 0.15) is 21.7 Å². The van der Waals surface area contributed by atoms with Gasteiger partial charge < -0.3 is 9.64 Å². The molecule has 7 nitrogen and oxygen atoms in total. The molecule has 3 rings (SSSR count). The van der Waals surface area contributed by atoms with Gasteiger partial charge in [-0.05, 0) is 31.2 Å². The van der Waals surface area contributed by atoms with Crippen LogP contribution in [0, 0.1) is 6.92 Å². The molecule has 0 aliphatic rings. The average molecular weight is 374 g/mol. The van der Waals surface area contributed by atoms with Crippen molar-refractivity contribution in [3.05, 3.63) is 64.7 Å². The third-order valence-corrected chi connectivity index (χ3v) is 4.35. The summed E-state index contributed by atoms with van der Waals surface area (Å²) >= 11 is 5.93. The van der Waals surface area contributed by atoms with Crippen molar-refractivity contribution < 1.29 is 9.53 Å². The molecule has 1 amide bonds. The highest BCUT2D eigenvalue weighted by molar-refractivity contribution is 6.30. The zero-order valence-electron chi connectivity index (χ0n) is 14.9. The Morgan fingerprint density at radius 3 is 2.85 bits per heavy atom. The van der Waals surface area contributed by atoms with Crippen LogP contribution < -0.4 is 4.74 Å². The van der Waals surface area contributed by atoms with Crippen LogP contribution in [0.15, 0.2) is 42.7 Å². The molecule has 0 spiro atoms. The first-order valence-electron chi connectivity index (χ1n) is 8.09. The fourth-order valence-corrected chi connectivity index (χ4v) is 2.65. The number of nitrogens with zero attached hydrogens (tertiary/aromatic N) is 5. The Hall–Kier alpha value is -2.80. The number of amides is 1. The van der Waals surface area contributed by atoms with E-state index < -0.39 is 0 Å². The molecule has 2 heterocycles. The molecule has 0 saturated carbocycles. The lowest BCUT2D eigenvalue weighted by Crippen LogP contribution is -2.27. The van der Waals surface area contributed by atoms with Gasteiger partial charge in [0.2, 0.25) is 0 Å². The molecule has 0 unspecified atom stereocenters. The maximum absolute atomic E-state index is 12.6. The molecule has 2 aromatic heterocycles. The molecular weight excluding hydrogens is 354 g/mol. The van der Waals surface area contributed by atoms with E-state index in [1.807, 2.05) is 26.1 Å². The topological polar surface area (TPSA) is 65.2 Å². The van der Waals surface area contributed by atoms with Crippen molar-refractivity contribution in [1.29, 1.82) is 0 Å². The van der Waals surface area contributed by atoms with Crippen molar-refractivity contribution in [2.45, 2.75) is 20.2 Å².